The molecule has 6 nitrogen and oxygen atoms in total. The largest absolute Gasteiger partial charge is 0.456 e. The van der Waals surface area contributed by atoms with Gasteiger partial charge in [-0.05, 0) is 18.2 Å². The first kappa shape index (κ1) is 17.0. The van der Waals surface area contributed by atoms with Crippen molar-refractivity contribution in [2.45, 2.75) is 12.7 Å². The minimum Gasteiger partial charge on any atom is -0.456 e. The molecule has 2 aromatic heterocycles. The van der Waals surface area contributed by atoms with Crippen molar-refractivity contribution in [3.63, 3.8) is 0 Å². The number of halogens is 3. The molecular formula is C18H13F3N4O2. The summed E-state index contributed by atoms with van der Waals surface area (Å²) in [5.74, 6) is 0.0153. The monoisotopic (exact) mass is 374 g/mol. The summed E-state index contributed by atoms with van der Waals surface area (Å²) < 4.78 is 43.5. The Bertz CT molecular complexity index is 1130. The molecule has 0 saturated carbocycles. The zero-order valence-electron chi connectivity index (χ0n) is 13.7. The average Bonchev–Trinajstić information content (AvgIpc) is 3.16. The summed E-state index contributed by atoms with van der Waals surface area (Å²) in [6.45, 7) is -1.22. The standard InChI is InChI=1S/C18H13F3N4O2/c19-18(20,21)10-25-8-7-16(24-25)23-17(26)22-11-5-6-13-12-3-1-2-4-14(12)27-15(13)9-11/h1-9H,10H2,(H2,22,23,24,26). The van der Waals surface area contributed by atoms with Crippen molar-refractivity contribution in [2.24, 2.45) is 0 Å². The van der Waals surface area contributed by atoms with E-state index < -0.39 is 18.8 Å². The van der Waals surface area contributed by atoms with Gasteiger partial charge in [0.25, 0.3) is 0 Å². The zero-order valence-corrected chi connectivity index (χ0v) is 13.7. The fourth-order valence-electron chi connectivity index (χ4n) is 2.78. The van der Waals surface area contributed by atoms with Crippen molar-refractivity contribution in [2.75, 3.05) is 10.6 Å². The molecule has 138 valence electrons. The van der Waals surface area contributed by atoms with E-state index in [1.807, 2.05) is 30.3 Å². The number of nitrogens with zero attached hydrogens (tertiary/aromatic N) is 2. The Morgan fingerprint density at radius 1 is 1.04 bits per heavy atom. The topological polar surface area (TPSA) is 72.1 Å². The van der Waals surface area contributed by atoms with Crippen LogP contribution in [0.1, 0.15) is 0 Å². The molecule has 0 aliphatic heterocycles. The molecule has 0 unspecified atom stereocenters. The number of rotatable bonds is 3. The average molecular weight is 374 g/mol. The second-order valence-corrected chi connectivity index (χ2v) is 5.90. The maximum atomic E-state index is 12.3. The fourth-order valence-corrected chi connectivity index (χ4v) is 2.78. The highest BCUT2D eigenvalue weighted by atomic mass is 19.4. The van der Waals surface area contributed by atoms with Gasteiger partial charge in [-0.3, -0.25) is 10.00 Å². The lowest BCUT2D eigenvalue weighted by Crippen LogP contribution is -2.21. The van der Waals surface area contributed by atoms with Gasteiger partial charge in [-0.2, -0.15) is 18.3 Å². The quantitative estimate of drug-likeness (QED) is 0.531. The lowest BCUT2D eigenvalue weighted by molar-refractivity contribution is -0.142. The summed E-state index contributed by atoms with van der Waals surface area (Å²) >= 11 is 0. The maximum absolute atomic E-state index is 12.3. The van der Waals surface area contributed by atoms with E-state index in [0.717, 1.165) is 22.6 Å². The number of carbonyl (C=O) groups excluding carboxylic acids is 1. The van der Waals surface area contributed by atoms with Crippen molar-refractivity contribution in [3.8, 4) is 0 Å². The highest BCUT2D eigenvalue weighted by Gasteiger charge is 2.28. The molecule has 9 heteroatoms. The summed E-state index contributed by atoms with van der Waals surface area (Å²) in [4.78, 5) is 12.1. The molecule has 0 radical (unpaired) electrons. The first-order valence-electron chi connectivity index (χ1n) is 7.97. The Morgan fingerprint density at radius 2 is 1.81 bits per heavy atom. The fraction of sp³-hybridized carbons (Fsp3) is 0.111. The predicted octanol–water partition coefficient (Wildman–Crippen LogP) is 4.99. The van der Waals surface area contributed by atoms with Crippen LogP contribution in [0.4, 0.5) is 29.5 Å². The van der Waals surface area contributed by atoms with Crippen LogP contribution in [0.3, 0.4) is 0 Å². The third-order valence-electron chi connectivity index (χ3n) is 3.86. The number of fused-ring (bicyclic) bond motifs is 3. The Labute approximate surface area is 150 Å². The number of carbonyl (C=O) groups is 1. The molecule has 2 N–H and O–H groups in total. The third kappa shape index (κ3) is 3.71. The number of benzene rings is 2. The highest BCUT2D eigenvalue weighted by molar-refractivity contribution is 6.07. The summed E-state index contributed by atoms with van der Waals surface area (Å²) in [5, 5.41) is 10.5. The number of anilines is 2. The van der Waals surface area contributed by atoms with E-state index in [2.05, 4.69) is 15.7 Å². The Morgan fingerprint density at radius 3 is 2.63 bits per heavy atom. The van der Waals surface area contributed by atoms with E-state index in [0.29, 0.717) is 16.0 Å². The SMILES string of the molecule is O=C(Nc1ccc2c(c1)oc1ccccc12)Nc1ccn(CC(F)(F)F)n1. The lowest BCUT2D eigenvalue weighted by Gasteiger charge is -2.07. The van der Waals surface area contributed by atoms with Crippen molar-refractivity contribution in [1.82, 2.24) is 9.78 Å². The van der Waals surface area contributed by atoms with Gasteiger partial charge in [0.05, 0.1) is 0 Å². The normalized spacial score (nSPS) is 11.8. The summed E-state index contributed by atoms with van der Waals surface area (Å²) in [7, 11) is 0. The van der Waals surface area contributed by atoms with Crippen LogP contribution in [-0.4, -0.2) is 22.0 Å². The Kier molecular flexibility index (Phi) is 3.98. The molecule has 0 bridgehead atoms. The van der Waals surface area contributed by atoms with Gasteiger partial charge < -0.3 is 9.73 Å². The van der Waals surface area contributed by atoms with Gasteiger partial charge >= 0.3 is 12.2 Å². The molecule has 2 aromatic carbocycles. The molecule has 0 fully saturated rings. The molecular weight excluding hydrogens is 361 g/mol. The van der Waals surface area contributed by atoms with Crippen LogP contribution in [0.25, 0.3) is 21.9 Å². The molecule has 0 aliphatic carbocycles. The van der Waals surface area contributed by atoms with Gasteiger partial charge in [-0.25, -0.2) is 4.79 Å². The second kappa shape index (κ2) is 6.35. The molecule has 2 amide bonds. The summed E-state index contributed by atoms with van der Waals surface area (Å²) in [6, 6.07) is 13.5. The van der Waals surface area contributed by atoms with E-state index in [4.69, 9.17) is 4.42 Å². The van der Waals surface area contributed by atoms with Gasteiger partial charge in [-0.15, -0.1) is 0 Å². The Hall–Kier alpha value is -3.49. The lowest BCUT2D eigenvalue weighted by atomic mass is 10.1. The molecule has 4 aromatic rings. The molecule has 0 aliphatic rings. The molecule has 0 saturated heterocycles. The number of nitrogens with one attached hydrogen (secondary N) is 2. The van der Waals surface area contributed by atoms with E-state index in [-0.39, 0.29) is 5.82 Å². The maximum Gasteiger partial charge on any atom is 0.408 e. The predicted molar refractivity (Wildman–Crippen MR) is 94.6 cm³/mol. The van der Waals surface area contributed by atoms with Crippen LogP contribution in [0, 0.1) is 0 Å². The van der Waals surface area contributed by atoms with E-state index >= 15 is 0 Å². The minimum absolute atomic E-state index is 0.0153. The van der Waals surface area contributed by atoms with Crippen molar-refractivity contribution < 1.29 is 22.4 Å². The van der Waals surface area contributed by atoms with Gasteiger partial charge in [-0.1, -0.05) is 18.2 Å². The Balaban J connectivity index is 1.47. The number of urea groups is 1. The number of hydrogen-bond acceptors (Lipinski definition) is 3. The zero-order chi connectivity index (χ0) is 19.0. The van der Waals surface area contributed by atoms with Gasteiger partial charge in [0.15, 0.2) is 5.82 Å². The summed E-state index contributed by atoms with van der Waals surface area (Å²) in [6.07, 6.45) is -3.24. The number of amides is 2. The third-order valence-corrected chi connectivity index (χ3v) is 3.86. The molecule has 0 spiro atoms. The summed E-state index contributed by atoms with van der Waals surface area (Å²) in [5.41, 5.74) is 1.83. The minimum atomic E-state index is -4.38. The van der Waals surface area contributed by atoms with Crippen molar-refractivity contribution in [3.05, 3.63) is 54.7 Å². The van der Waals surface area contributed by atoms with E-state index in [1.54, 1.807) is 12.1 Å². The first-order valence-corrected chi connectivity index (χ1v) is 7.97. The van der Waals surface area contributed by atoms with Gasteiger partial charge in [0.1, 0.15) is 17.7 Å². The number of alkyl halides is 3. The van der Waals surface area contributed by atoms with Crippen molar-refractivity contribution >= 4 is 39.5 Å². The second-order valence-electron chi connectivity index (χ2n) is 5.90. The number of furan rings is 1. The van der Waals surface area contributed by atoms with E-state index in [1.165, 1.54) is 6.07 Å². The molecule has 2 heterocycles. The van der Waals surface area contributed by atoms with Gasteiger partial charge in [0, 0.05) is 34.8 Å². The number of aromatic nitrogens is 2. The first-order chi connectivity index (χ1) is 12.9. The molecule has 27 heavy (non-hydrogen) atoms. The van der Waals surface area contributed by atoms with Crippen LogP contribution < -0.4 is 10.6 Å². The van der Waals surface area contributed by atoms with Gasteiger partial charge in [0.2, 0.25) is 0 Å². The number of para-hydroxylation sites is 1. The highest BCUT2D eigenvalue weighted by Crippen LogP contribution is 2.30. The van der Waals surface area contributed by atoms with E-state index in [9.17, 15) is 18.0 Å². The van der Waals surface area contributed by atoms with Crippen molar-refractivity contribution in [1.29, 1.82) is 0 Å². The van der Waals surface area contributed by atoms with Crippen LogP contribution >= 0.6 is 0 Å². The van der Waals surface area contributed by atoms with Crippen LogP contribution in [0.2, 0.25) is 0 Å². The smallest absolute Gasteiger partial charge is 0.408 e. The van der Waals surface area contributed by atoms with Crippen LogP contribution in [-0.2, 0) is 6.54 Å². The molecule has 0 atom stereocenters. The van der Waals surface area contributed by atoms with Crippen LogP contribution in [0.5, 0.6) is 0 Å². The molecule has 4 rings (SSSR count). The number of hydrogen-bond donors (Lipinski definition) is 2. The van der Waals surface area contributed by atoms with Crippen LogP contribution in [0.15, 0.2) is 59.1 Å².